The lowest BCUT2D eigenvalue weighted by atomic mass is 9.89. The summed E-state index contributed by atoms with van der Waals surface area (Å²) in [5.41, 5.74) is 2.35. The SMILES string of the molecule is Cc1noc(C)c1C(C)NC1CCOC2(CCSC2)C1. The molecular formula is C15H24N2O2S. The molecule has 0 radical (unpaired) electrons. The first-order chi connectivity index (χ1) is 9.60. The van der Waals surface area contributed by atoms with Crippen LogP contribution in [-0.4, -0.2) is 34.9 Å². The molecule has 2 fully saturated rings. The average Bonchev–Trinajstić information content (AvgIpc) is 2.97. The number of hydrogen-bond acceptors (Lipinski definition) is 5. The molecular weight excluding hydrogens is 272 g/mol. The Labute approximate surface area is 125 Å². The Hall–Kier alpha value is -0.520. The largest absolute Gasteiger partial charge is 0.374 e. The first kappa shape index (κ1) is 14.4. The molecule has 0 saturated carbocycles. The van der Waals surface area contributed by atoms with E-state index in [1.54, 1.807) is 0 Å². The highest BCUT2D eigenvalue weighted by Gasteiger charge is 2.40. The van der Waals surface area contributed by atoms with Crippen molar-refractivity contribution in [3.63, 3.8) is 0 Å². The number of nitrogens with one attached hydrogen (secondary N) is 1. The molecule has 4 nitrogen and oxygen atoms in total. The van der Waals surface area contributed by atoms with E-state index in [1.807, 2.05) is 25.6 Å². The molecule has 1 aromatic rings. The summed E-state index contributed by atoms with van der Waals surface area (Å²) in [6, 6.07) is 0.821. The summed E-state index contributed by atoms with van der Waals surface area (Å²) in [6.45, 7) is 7.10. The smallest absolute Gasteiger partial charge is 0.138 e. The lowest BCUT2D eigenvalue weighted by molar-refractivity contribution is -0.0712. The Balaban J connectivity index is 1.65. The maximum Gasteiger partial charge on any atom is 0.138 e. The number of nitrogens with zero attached hydrogens (tertiary/aromatic N) is 1. The van der Waals surface area contributed by atoms with E-state index in [0.29, 0.717) is 6.04 Å². The van der Waals surface area contributed by atoms with E-state index in [0.717, 1.165) is 36.7 Å². The van der Waals surface area contributed by atoms with Crippen molar-refractivity contribution in [2.24, 2.45) is 0 Å². The van der Waals surface area contributed by atoms with Crippen molar-refractivity contribution in [1.29, 1.82) is 0 Å². The van der Waals surface area contributed by atoms with E-state index in [4.69, 9.17) is 9.26 Å². The van der Waals surface area contributed by atoms with Crippen LogP contribution in [0.2, 0.25) is 0 Å². The molecule has 3 atom stereocenters. The summed E-state index contributed by atoms with van der Waals surface area (Å²) in [5, 5.41) is 7.82. The molecule has 20 heavy (non-hydrogen) atoms. The molecule has 2 aliphatic rings. The molecule has 1 N–H and O–H groups in total. The molecule has 2 aliphatic heterocycles. The highest BCUT2D eigenvalue weighted by molar-refractivity contribution is 7.99. The number of rotatable bonds is 3. The maximum atomic E-state index is 6.08. The van der Waals surface area contributed by atoms with Crippen LogP contribution in [0.25, 0.3) is 0 Å². The molecule has 0 aromatic carbocycles. The standard InChI is InChI=1S/C15H24N2O2S/c1-10(14-11(2)17-19-12(14)3)16-13-4-6-18-15(8-13)5-7-20-9-15/h10,13,16H,4-9H2,1-3H3. The first-order valence-corrected chi connectivity index (χ1v) is 8.66. The quantitative estimate of drug-likeness (QED) is 0.929. The lowest BCUT2D eigenvalue weighted by Crippen LogP contribution is -2.47. The molecule has 3 rings (SSSR count). The Morgan fingerprint density at radius 2 is 2.30 bits per heavy atom. The van der Waals surface area contributed by atoms with Gasteiger partial charge in [-0.25, -0.2) is 0 Å². The minimum Gasteiger partial charge on any atom is -0.374 e. The van der Waals surface area contributed by atoms with Gasteiger partial charge in [0.1, 0.15) is 5.76 Å². The number of thioether (sulfide) groups is 1. The molecule has 0 aliphatic carbocycles. The van der Waals surface area contributed by atoms with Gasteiger partial charge < -0.3 is 14.6 Å². The zero-order chi connectivity index (χ0) is 14.2. The van der Waals surface area contributed by atoms with E-state index in [1.165, 1.54) is 17.7 Å². The van der Waals surface area contributed by atoms with Gasteiger partial charge in [0.05, 0.1) is 11.3 Å². The average molecular weight is 296 g/mol. The van der Waals surface area contributed by atoms with Crippen molar-refractivity contribution >= 4 is 11.8 Å². The highest BCUT2D eigenvalue weighted by atomic mass is 32.2. The van der Waals surface area contributed by atoms with Gasteiger partial charge in [0.2, 0.25) is 0 Å². The van der Waals surface area contributed by atoms with Gasteiger partial charge in [0.25, 0.3) is 0 Å². The molecule has 3 unspecified atom stereocenters. The van der Waals surface area contributed by atoms with Crippen molar-refractivity contribution in [2.45, 2.75) is 57.7 Å². The predicted octanol–water partition coefficient (Wildman–Crippen LogP) is 3.00. The zero-order valence-corrected chi connectivity index (χ0v) is 13.4. The molecule has 1 aromatic heterocycles. The zero-order valence-electron chi connectivity index (χ0n) is 12.6. The normalized spacial score (nSPS) is 31.9. The number of hydrogen-bond donors (Lipinski definition) is 1. The fourth-order valence-corrected chi connectivity index (χ4v) is 4.96. The lowest BCUT2D eigenvalue weighted by Gasteiger charge is -2.39. The third kappa shape index (κ3) is 2.76. The van der Waals surface area contributed by atoms with Crippen molar-refractivity contribution < 1.29 is 9.26 Å². The molecule has 0 amide bonds. The van der Waals surface area contributed by atoms with Gasteiger partial charge in [0, 0.05) is 30.0 Å². The van der Waals surface area contributed by atoms with Crippen LogP contribution in [-0.2, 0) is 4.74 Å². The van der Waals surface area contributed by atoms with Gasteiger partial charge in [-0.05, 0) is 45.8 Å². The summed E-state index contributed by atoms with van der Waals surface area (Å²) < 4.78 is 11.4. The third-order valence-electron chi connectivity index (χ3n) is 4.57. The second-order valence-electron chi connectivity index (χ2n) is 6.15. The molecule has 3 heterocycles. The Kier molecular flexibility index (Phi) is 4.11. The summed E-state index contributed by atoms with van der Waals surface area (Å²) >= 11 is 2.03. The fraction of sp³-hybridized carbons (Fsp3) is 0.800. The Morgan fingerprint density at radius 1 is 1.45 bits per heavy atom. The maximum absolute atomic E-state index is 6.08. The molecule has 1 spiro atoms. The summed E-state index contributed by atoms with van der Waals surface area (Å²) in [6.07, 6.45) is 3.43. The minimum absolute atomic E-state index is 0.138. The monoisotopic (exact) mass is 296 g/mol. The van der Waals surface area contributed by atoms with E-state index < -0.39 is 0 Å². The van der Waals surface area contributed by atoms with Crippen LogP contribution in [0.5, 0.6) is 0 Å². The molecule has 0 bridgehead atoms. The van der Waals surface area contributed by atoms with Gasteiger partial charge in [-0.3, -0.25) is 0 Å². The van der Waals surface area contributed by atoms with Crippen molar-refractivity contribution in [1.82, 2.24) is 10.5 Å². The number of aromatic nitrogens is 1. The van der Waals surface area contributed by atoms with Gasteiger partial charge in [-0.15, -0.1) is 0 Å². The number of ether oxygens (including phenoxy) is 1. The van der Waals surface area contributed by atoms with Crippen LogP contribution >= 0.6 is 11.8 Å². The van der Waals surface area contributed by atoms with Crippen LogP contribution in [0.3, 0.4) is 0 Å². The van der Waals surface area contributed by atoms with Gasteiger partial charge in [0.15, 0.2) is 0 Å². The van der Waals surface area contributed by atoms with E-state index in [-0.39, 0.29) is 11.6 Å². The van der Waals surface area contributed by atoms with Crippen molar-refractivity contribution in [2.75, 3.05) is 18.1 Å². The van der Waals surface area contributed by atoms with Crippen LogP contribution < -0.4 is 5.32 Å². The molecule has 2 saturated heterocycles. The van der Waals surface area contributed by atoms with Gasteiger partial charge in [-0.1, -0.05) is 5.16 Å². The van der Waals surface area contributed by atoms with Crippen LogP contribution in [0.1, 0.15) is 49.2 Å². The minimum atomic E-state index is 0.138. The Bertz CT molecular complexity index is 449. The van der Waals surface area contributed by atoms with Gasteiger partial charge >= 0.3 is 0 Å². The van der Waals surface area contributed by atoms with E-state index in [2.05, 4.69) is 17.4 Å². The topological polar surface area (TPSA) is 47.3 Å². The summed E-state index contributed by atoms with van der Waals surface area (Å²) in [7, 11) is 0. The van der Waals surface area contributed by atoms with E-state index in [9.17, 15) is 0 Å². The summed E-state index contributed by atoms with van der Waals surface area (Å²) in [4.78, 5) is 0. The number of aryl methyl sites for hydroxylation is 2. The first-order valence-electron chi connectivity index (χ1n) is 7.50. The highest BCUT2D eigenvalue weighted by Crippen LogP contribution is 2.38. The predicted molar refractivity (Wildman–Crippen MR) is 81.2 cm³/mol. The van der Waals surface area contributed by atoms with Gasteiger partial charge in [-0.2, -0.15) is 11.8 Å². The van der Waals surface area contributed by atoms with Crippen LogP contribution in [0.15, 0.2) is 4.52 Å². The van der Waals surface area contributed by atoms with Crippen LogP contribution in [0.4, 0.5) is 0 Å². The Morgan fingerprint density at radius 3 is 2.95 bits per heavy atom. The van der Waals surface area contributed by atoms with E-state index >= 15 is 0 Å². The van der Waals surface area contributed by atoms with Crippen molar-refractivity contribution in [3.05, 3.63) is 17.0 Å². The fourth-order valence-electron chi connectivity index (χ4n) is 3.58. The third-order valence-corrected chi connectivity index (χ3v) is 5.79. The van der Waals surface area contributed by atoms with Crippen LogP contribution in [0, 0.1) is 13.8 Å². The molecule has 5 heteroatoms. The second kappa shape index (κ2) is 5.70. The summed E-state index contributed by atoms with van der Waals surface area (Å²) in [5.74, 6) is 3.33. The van der Waals surface area contributed by atoms with Crippen molar-refractivity contribution in [3.8, 4) is 0 Å². The molecule has 112 valence electrons. The second-order valence-corrected chi connectivity index (χ2v) is 7.26.